The number of hydrogen-bond donors (Lipinski definition) is 0. The van der Waals surface area contributed by atoms with E-state index in [0.29, 0.717) is 5.56 Å². The van der Waals surface area contributed by atoms with Gasteiger partial charge in [-0.25, -0.2) is 17.6 Å². The van der Waals surface area contributed by atoms with Gasteiger partial charge >= 0.3 is 0 Å². The molecule has 0 N–H and O–H groups in total. The Labute approximate surface area is 136 Å². The van der Waals surface area contributed by atoms with Crippen molar-refractivity contribution in [1.82, 2.24) is 0 Å². The van der Waals surface area contributed by atoms with E-state index in [1.807, 2.05) is 0 Å². The Hall–Kier alpha value is -1.96. The lowest BCUT2D eigenvalue weighted by Gasteiger charge is -2.13. The number of benzene rings is 2. The van der Waals surface area contributed by atoms with Gasteiger partial charge in [0.25, 0.3) is 6.36 Å². The van der Waals surface area contributed by atoms with Crippen molar-refractivity contribution in [3.05, 3.63) is 64.7 Å². The molecule has 2 nitrogen and oxygen atoms in total. The number of Topliss-reactive ketones (excluding diaryl/α,β-unsaturated/α-hetero) is 1. The summed E-state index contributed by atoms with van der Waals surface area (Å²) in [5.41, 5.74) is -0.781. The van der Waals surface area contributed by atoms with Crippen LogP contribution in [0.5, 0.6) is 5.75 Å². The average molecular weight is 395 g/mol. The molecule has 1 atom stereocenters. The molecule has 2 aromatic carbocycles. The van der Waals surface area contributed by atoms with E-state index in [1.54, 1.807) is 0 Å². The fourth-order valence-electron chi connectivity index (χ4n) is 1.74. The van der Waals surface area contributed by atoms with Crippen molar-refractivity contribution in [1.29, 1.82) is 0 Å². The third-order valence-corrected chi connectivity index (χ3v) is 3.42. The van der Waals surface area contributed by atoms with Crippen molar-refractivity contribution < 1.29 is 31.5 Å². The average Bonchev–Trinajstić information content (AvgIpc) is 2.56. The summed E-state index contributed by atoms with van der Waals surface area (Å²) in [5.74, 6) is -8.08. The smallest absolute Gasteiger partial charge is 0.267 e. The molecule has 0 bridgehead atoms. The zero-order valence-corrected chi connectivity index (χ0v) is 12.8. The van der Waals surface area contributed by atoms with Crippen LogP contribution < -0.4 is 4.74 Å². The van der Waals surface area contributed by atoms with E-state index in [-0.39, 0.29) is 22.9 Å². The van der Waals surface area contributed by atoms with Gasteiger partial charge in [-0.2, -0.15) is 4.39 Å². The first-order valence-electron chi connectivity index (χ1n) is 6.18. The predicted octanol–water partition coefficient (Wildman–Crippen LogP) is 4.87. The van der Waals surface area contributed by atoms with Gasteiger partial charge in [0.05, 0.1) is 10.9 Å². The standard InChI is InChI=1S/C15H8BrF5O2/c16-6-11(22)7-1-3-8(4-2-7)23-15(21)9-5-10(17)13(19)14(20)12(9)18/h1-5,15H,6H2. The quantitative estimate of drug-likeness (QED) is 0.238. The number of rotatable bonds is 5. The zero-order chi connectivity index (χ0) is 17.1. The normalized spacial score (nSPS) is 12.1. The van der Waals surface area contributed by atoms with Gasteiger partial charge in [-0.05, 0) is 30.3 Å². The first-order valence-corrected chi connectivity index (χ1v) is 7.30. The molecule has 0 saturated heterocycles. The summed E-state index contributed by atoms with van der Waals surface area (Å²) in [6, 6.07) is 5.33. The summed E-state index contributed by atoms with van der Waals surface area (Å²) in [6.45, 7) is 0. The Balaban J connectivity index is 2.22. The molecule has 0 spiro atoms. The molecule has 0 radical (unpaired) electrons. The fraction of sp³-hybridized carbons (Fsp3) is 0.133. The van der Waals surface area contributed by atoms with Crippen molar-refractivity contribution in [3.8, 4) is 5.75 Å². The van der Waals surface area contributed by atoms with Crippen molar-refractivity contribution in [2.24, 2.45) is 0 Å². The Morgan fingerprint density at radius 1 is 1.04 bits per heavy atom. The predicted molar refractivity (Wildman–Crippen MR) is 75.3 cm³/mol. The molecule has 23 heavy (non-hydrogen) atoms. The number of alkyl halides is 2. The summed E-state index contributed by atoms with van der Waals surface area (Å²) >= 11 is 2.98. The van der Waals surface area contributed by atoms with E-state index in [2.05, 4.69) is 15.9 Å². The third-order valence-electron chi connectivity index (χ3n) is 2.91. The highest BCUT2D eigenvalue weighted by Gasteiger charge is 2.25. The maximum absolute atomic E-state index is 13.9. The minimum Gasteiger partial charge on any atom is -0.456 e. The van der Waals surface area contributed by atoms with Gasteiger partial charge in [-0.1, -0.05) is 15.9 Å². The van der Waals surface area contributed by atoms with Gasteiger partial charge in [0.15, 0.2) is 29.1 Å². The summed E-state index contributed by atoms with van der Waals surface area (Å²) in [7, 11) is 0. The zero-order valence-electron chi connectivity index (χ0n) is 11.3. The number of ether oxygens (including phenoxy) is 1. The van der Waals surface area contributed by atoms with E-state index >= 15 is 0 Å². The number of halogens is 6. The lowest BCUT2D eigenvalue weighted by molar-refractivity contribution is 0.0622. The topological polar surface area (TPSA) is 26.3 Å². The summed E-state index contributed by atoms with van der Waals surface area (Å²) < 4.78 is 71.0. The second-order valence-electron chi connectivity index (χ2n) is 4.40. The first-order chi connectivity index (χ1) is 10.8. The largest absolute Gasteiger partial charge is 0.456 e. The number of carbonyl (C=O) groups is 1. The molecule has 0 heterocycles. The lowest BCUT2D eigenvalue weighted by Crippen LogP contribution is -2.09. The van der Waals surface area contributed by atoms with Gasteiger partial charge in [0.1, 0.15) is 5.75 Å². The molecule has 8 heteroatoms. The van der Waals surface area contributed by atoms with E-state index in [9.17, 15) is 26.7 Å². The minimum absolute atomic E-state index is 0.0955. The molecular weight excluding hydrogens is 387 g/mol. The highest BCUT2D eigenvalue weighted by atomic mass is 79.9. The van der Waals surface area contributed by atoms with Crippen molar-refractivity contribution in [3.63, 3.8) is 0 Å². The molecule has 0 fully saturated rings. The Bertz CT molecular complexity index is 734. The van der Waals surface area contributed by atoms with Crippen LogP contribution in [-0.4, -0.2) is 11.1 Å². The van der Waals surface area contributed by atoms with Crippen LogP contribution in [0.4, 0.5) is 22.0 Å². The summed E-state index contributed by atoms with van der Waals surface area (Å²) in [4.78, 5) is 11.4. The van der Waals surface area contributed by atoms with Crippen LogP contribution in [-0.2, 0) is 0 Å². The first kappa shape index (κ1) is 17.4. The monoisotopic (exact) mass is 394 g/mol. The van der Waals surface area contributed by atoms with Crippen LogP contribution in [0, 0.1) is 23.3 Å². The highest BCUT2D eigenvalue weighted by Crippen LogP contribution is 2.29. The van der Waals surface area contributed by atoms with E-state index in [0.717, 1.165) is 0 Å². The molecule has 1 unspecified atom stereocenters. The molecule has 0 aliphatic heterocycles. The van der Waals surface area contributed by atoms with Crippen LogP contribution in [0.25, 0.3) is 0 Å². The van der Waals surface area contributed by atoms with Crippen LogP contribution in [0.3, 0.4) is 0 Å². The van der Waals surface area contributed by atoms with Crippen molar-refractivity contribution >= 4 is 21.7 Å². The SMILES string of the molecule is O=C(CBr)c1ccc(OC(F)c2cc(F)c(F)c(F)c2F)cc1. The molecular formula is C15H8BrF5O2. The van der Waals surface area contributed by atoms with Crippen LogP contribution in [0.2, 0.25) is 0 Å². The third kappa shape index (κ3) is 3.69. The van der Waals surface area contributed by atoms with Crippen LogP contribution in [0.15, 0.2) is 30.3 Å². The van der Waals surface area contributed by atoms with Gasteiger partial charge in [0, 0.05) is 5.56 Å². The fourth-order valence-corrected chi connectivity index (χ4v) is 2.06. The number of ketones is 1. The van der Waals surface area contributed by atoms with Crippen molar-refractivity contribution in [2.45, 2.75) is 6.36 Å². The Kier molecular flexibility index (Phi) is 5.35. The van der Waals surface area contributed by atoms with E-state index in [4.69, 9.17) is 4.74 Å². The Morgan fingerprint density at radius 2 is 1.65 bits per heavy atom. The van der Waals surface area contributed by atoms with E-state index in [1.165, 1.54) is 24.3 Å². The molecule has 0 amide bonds. The maximum atomic E-state index is 13.9. The highest BCUT2D eigenvalue weighted by molar-refractivity contribution is 9.09. The van der Waals surface area contributed by atoms with Gasteiger partial charge < -0.3 is 4.74 Å². The summed E-state index contributed by atoms with van der Waals surface area (Å²) in [5, 5.41) is 0.0955. The van der Waals surface area contributed by atoms with Crippen molar-refractivity contribution in [2.75, 3.05) is 5.33 Å². The maximum Gasteiger partial charge on any atom is 0.267 e. The molecule has 0 aromatic heterocycles. The molecule has 0 aliphatic rings. The van der Waals surface area contributed by atoms with Crippen LogP contribution >= 0.6 is 15.9 Å². The minimum atomic E-state index is -2.56. The second-order valence-corrected chi connectivity index (χ2v) is 4.97. The number of hydrogen-bond acceptors (Lipinski definition) is 2. The molecule has 0 saturated carbocycles. The molecule has 122 valence electrons. The van der Waals surface area contributed by atoms with Gasteiger partial charge in [-0.3, -0.25) is 4.79 Å². The van der Waals surface area contributed by atoms with E-state index < -0.39 is 35.2 Å². The van der Waals surface area contributed by atoms with Gasteiger partial charge in [0.2, 0.25) is 0 Å². The Morgan fingerprint density at radius 3 is 2.22 bits per heavy atom. The number of carbonyl (C=O) groups excluding carboxylic acids is 1. The molecule has 0 aliphatic carbocycles. The second kappa shape index (κ2) is 7.08. The summed E-state index contributed by atoms with van der Waals surface area (Å²) in [6.07, 6.45) is -2.56. The van der Waals surface area contributed by atoms with Crippen LogP contribution in [0.1, 0.15) is 22.3 Å². The molecule has 2 rings (SSSR count). The lowest BCUT2D eigenvalue weighted by atomic mass is 10.1. The molecule has 2 aromatic rings. The van der Waals surface area contributed by atoms with Gasteiger partial charge in [-0.15, -0.1) is 0 Å².